The molecule has 178 valence electrons. The Morgan fingerprint density at radius 1 is 0.914 bits per heavy atom. The fourth-order valence-corrected chi connectivity index (χ4v) is 4.23. The first-order chi connectivity index (χ1) is 16.8. The summed E-state index contributed by atoms with van der Waals surface area (Å²) in [6.45, 7) is 2.01. The number of hydrogen-bond acceptors (Lipinski definition) is 6. The Balaban J connectivity index is 1.80. The van der Waals surface area contributed by atoms with Crippen LogP contribution in [0.2, 0.25) is 0 Å². The molecule has 1 amide bonds. The first-order valence-corrected chi connectivity index (χ1v) is 11.0. The summed E-state index contributed by atoms with van der Waals surface area (Å²) in [6.07, 6.45) is 0. The fourth-order valence-electron chi connectivity index (χ4n) is 4.23. The number of methoxy groups -OCH3 is 2. The Hall–Kier alpha value is -4.39. The van der Waals surface area contributed by atoms with Crippen molar-refractivity contribution < 1.29 is 29.0 Å². The molecule has 1 heterocycles. The maximum absolute atomic E-state index is 13.2. The van der Waals surface area contributed by atoms with E-state index in [0.29, 0.717) is 16.9 Å². The highest BCUT2D eigenvalue weighted by Gasteiger charge is 2.46. The van der Waals surface area contributed by atoms with Crippen LogP contribution in [0.15, 0.2) is 78.4 Å². The van der Waals surface area contributed by atoms with Gasteiger partial charge in [-0.05, 0) is 60.0 Å². The third kappa shape index (κ3) is 4.53. The van der Waals surface area contributed by atoms with Gasteiger partial charge in [-0.1, -0.05) is 36.4 Å². The van der Waals surface area contributed by atoms with Crippen molar-refractivity contribution in [2.75, 3.05) is 14.2 Å². The summed E-state index contributed by atoms with van der Waals surface area (Å²) in [5, 5.41) is 11.2. The highest BCUT2D eigenvalue weighted by molar-refractivity contribution is 6.46. The average Bonchev–Trinajstić information content (AvgIpc) is 3.13. The summed E-state index contributed by atoms with van der Waals surface area (Å²) in [5.74, 6) is -1.56. The Labute approximate surface area is 203 Å². The van der Waals surface area contributed by atoms with E-state index >= 15 is 0 Å². The summed E-state index contributed by atoms with van der Waals surface area (Å²) in [6, 6.07) is 20.0. The van der Waals surface area contributed by atoms with Crippen LogP contribution in [0.3, 0.4) is 0 Å². The second-order valence-corrected chi connectivity index (χ2v) is 8.20. The van der Waals surface area contributed by atoms with E-state index < -0.39 is 23.7 Å². The number of carbonyl (C=O) groups is 3. The summed E-state index contributed by atoms with van der Waals surface area (Å²) in [7, 11) is 2.84. The van der Waals surface area contributed by atoms with Crippen molar-refractivity contribution in [2.24, 2.45) is 0 Å². The van der Waals surface area contributed by atoms with Gasteiger partial charge in [0.2, 0.25) is 0 Å². The first-order valence-electron chi connectivity index (χ1n) is 11.0. The number of rotatable bonds is 6. The topological polar surface area (TPSA) is 93.1 Å². The molecule has 0 bridgehead atoms. The van der Waals surface area contributed by atoms with Crippen LogP contribution in [0.1, 0.15) is 38.7 Å². The molecule has 0 spiro atoms. The number of hydrogen-bond donors (Lipinski definition) is 1. The number of aryl methyl sites for hydroxylation is 1. The monoisotopic (exact) mass is 471 g/mol. The largest absolute Gasteiger partial charge is 0.507 e. The zero-order chi connectivity index (χ0) is 25.1. The molecule has 3 aromatic carbocycles. The van der Waals surface area contributed by atoms with E-state index in [9.17, 15) is 19.5 Å². The molecule has 7 heteroatoms. The van der Waals surface area contributed by atoms with Gasteiger partial charge in [-0.25, -0.2) is 4.79 Å². The van der Waals surface area contributed by atoms with Crippen LogP contribution in [0.25, 0.3) is 5.76 Å². The molecular weight excluding hydrogens is 446 g/mol. The van der Waals surface area contributed by atoms with E-state index in [1.807, 2.05) is 31.2 Å². The van der Waals surface area contributed by atoms with E-state index in [4.69, 9.17) is 9.47 Å². The molecule has 1 saturated heterocycles. The second kappa shape index (κ2) is 9.85. The molecule has 0 radical (unpaired) electrons. The molecule has 3 aromatic rings. The fraction of sp³-hybridized carbons (Fsp3) is 0.179. The predicted octanol–water partition coefficient (Wildman–Crippen LogP) is 4.41. The van der Waals surface area contributed by atoms with Crippen molar-refractivity contribution >= 4 is 23.4 Å². The lowest BCUT2D eigenvalue weighted by Crippen LogP contribution is -2.29. The molecule has 1 aliphatic rings. The van der Waals surface area contributed by atoms with E-state index in [1.54, 1.807) is 48.5 Å². The smallest absolute Gasteiger partial charge is 0.337 e. The number of amides is 1. The molecule has 4 rings (SSSR count). The number of nitrogens with zero attached hydrogens (tertiary/aromatic N) is 1. The van der Waals surface area contributed by atoms with Gasteiger partial charge >= 0.3 is 5.97 Å². The molecule has 35 heavy (non-hydrogen) atoms. The molecular formula is C28H25NO6. The molecule has 1 fully saturated rings. The molecule has 1 atom stereocenters. The SMILES string of the molecule is COC(=O)c1ccc(CN2C(=O)C(=O)/C(=C(/O)c3ccc(OC)cc3)C2c2ccccc2C)cc1. The van der Waals surface area contributed by atoms with Crippen LogP contribution in [-0.2, 0) is 20.9 Å². The number of ketones is 1. The van der Waals surface area contributed by atoms with E-state index in [-0.39, 0.29) is 17.9 Å². The Kier molecular flexibility index (Phi) is 6.68. The number of ether oxygens (including phenoxy) is 2. The first kappa shape index (κ1) is 23.8. The summed E-state index contributed by atoms with van der Waals surface area (Å²) in [4.78, 5) is 39.6. The lowest BCUT2D eigenvalue weighted by atomic mass is 9.92. The maximum atomic E-state index is 13.2. The number of benzene rings is 3. The zero-order valence-electron chi connectivity index (χ0n) is 19.6. The van der Waals surface area contributed by atoms with Crippen LogP contribution in [0.4, 0.5) is 0 Å². The van der Waals surface area contributed by atoms with Crippen LogP contribution in [0, 0.1) is 6.92 Å². The number of likely N-dealkylation sites (tertiary alicyclic amines) is 1. The van der Waals surface area contributed by atoms with Gasteiger partial charge in [-0.2, -0.15) is 0 Å². The van der Waals surface area contributed by atoms with E-state index in [1.165, 1.54) is 19.1 Å². The van der Waals surface area contributed by atoms with E-state index in [0.717, 1.165) is 16.7 Å². The molecule has 1 unspecified atom stereocenters. The molecule has 0 aromatic heterocycles. The lowest BCUT2D eigenvalue weighted by Gasteiger charge is -2.26. The lowest BCUT2D eigenvalue weighted by molar-refractivity contribution is -0.140. The minimum atomic E-state index is -0.779. The number of esters is 1. The van der Waals surface area contributed by atoms with Crippen LogP contribution in [-0.4, -0.2) is 41.9 Å². The molecule has 0 aliphatic carbocycles. The van der Waals surface area contributed by atoms with Crippen molar-refractivity contribution in [1.29, 1.82) is 0 Å². The summed E-state index contributed by atoms with van der Waals surface area (Å²) in [5.41, 5.74) is 3.17. The van der Waals surface area contributed by atoms with Crippen LogP contribution < -0.4 is 4.74 Å². The summed E-state index contributed by atoms with van der Waals surface area (Å²) < 4.78 is 9.91. The highest BCUT2D eigenvalue weighted by Crippen LogP contribution is 2.41. The molecule has 0 saturated carbocycles. The number of aliphatic hydroxyl groups is 1. The van der Waals surface area contributed by atoms with Gasteiger partial charge in [-0.15, -0.1) is 0 Å². The van der Waals surface area contributed by atoms with Crippen LogP contribution >= 0.6 is 0 Å². The second-order valence-electron chi connectivity index (χ2n) is 8.20. The average molecular weight is 472 g/mol. The minimum Gasteiger partial charge on any atom is -0.507 e. The standard InChI is InChI=1S/C28H25NO6/c1-17-6-4-5-7-22(17)24-23(25(30)19-12-14-21(34-2)15-13-19)26(31)27(32)29(24)16-18-8-10-20(11-9-18)28(33)35-3/h4-15,24,30H,16H2,1-3H3/b25-23+. The third-order valence-electron chi connectivity index (χ3n) is 6.11. The van der Waals surface area contributed by atoms with Crippen molar-refractivity contribution in [2.45, 2.75) is 19.5 Å². The quantitative estimate of drug-likeness (QED) is 0.248. The normalized spacial score (nSPS) is 16.9. The Morgan fingerprint density at radius 2 is 1.54 bits per heavy atom. The molecule has 1 aliphatic heterocycles. The van der Waals surface area contributed by atoms with Crippen LogP contribution in [0.5, 0.6) is 5.75 Å². The Morgan fingerprint density at radius 3 is 2.14 bits per heavy atom. The number of carbonyl (C=O) groups excluding carboxylic acids is 3. The van der Waals surface area contributed by atoms with Gasteiger partial charge in [-0.3, -0.25) is 9.59 Å². The van der Waals surface area contributed by atoms with Gasteiger partial charge in [0.25, 0.3) is 11.7 Å². The van der Waals surface area contributed by atoms with Gasteiger partial charge in [0.1, 0.15) is 11.5 Å². The molecule has 1 N–H and O–H groups in total. The Bertz CT molecular complexity index is 1310. The maximum Gasteiger partial charge on any atom is 0.337 e. The minimum absolute atomic E-state index is 0.0284. The van der Waals surface area contributed by atoms with E-state index in [2.05, 4.69) is 0 Å². The van der Waals surface area contributed by atoms with Gasteiger partial charge < -0.3 is 19.5 Å². The summed E-state index contributed by atoms with van der Waals surface area (Å²) >= 11 is 0. The van der Waals surface area contributed by atoms with Crippen molar-refractivity contribution in [3.8, 4) is 5.75 Å². The highest BCUT2D eigenvalue weighted by atomic mass is 16.5. The third-order valence-corrected chi connectivity index (χ3v) is 6.11. The van der Waals surface area contributed by atoms with Crippen molar-refractivity contribution in [3.63, 3.8) is 0 Å². The van der Waals surface area contributed by atoms with Gasteiger partial charge in [0.05, 0.1) is 31.4 Å². The van der Waals surface area contributed by atoms with Crippen molar-refractivity contribution in [3.05, 3.63) is 106 Å². The number of aliphatic hydroxyl groups excluding tert-OH is 1. The predicted molar refractivity (Wildman–Crippen MR) is 130 cm³/mol. The van der Waals surface area contributed by atoms with Crippen molar-refractivity contribution in [1.82, 2.24) is 4.90 Å². The van der Waals surface area contributed by atoms with Gasteiger partial charge in [0.15, 0.2) is 0 Å². The van der Waals surface area contributed by atoms with Gasteiger partial charge in [0, 0.05) is 12.1 Å². The molecule has 7 nitrogen and oxygen atoms in total. The number of Topliss-reactive ketones (excluding diaryl/α,β-unsaturated/α-hetero) is 1. The zero-order valence-corrected chi connectivity index (χ0v) is 19.6.